The molecule has 1 aliphatic rings. The van der Waals surface area contributed by atoms with Gasteiger partial charge in [0.15, 0.2) is 0 Å². The van der Waals surface area contributed by atoms with E-state index in [2.05, 4.69) is 15.6 Å². The summed E-state index contributed by atoms with van der Waals surface area (Å²) in [6, 6.07) is 7.91. The molecule has 5 heteroatoms. The summed E-state index contributed by atoms with van der Waals surface area (Å²) in [4.78, 5) is 16.5. The first kappa shape index (κ1) is 14.8. The molecule has 2 heterocycles. The van der Waals surface area contributed by atoms with Crippen LogP contribution in [-0.2, 0) is 4.79 Å². The number of hydrogen-bond acceptors (Lipinski definition) is 4. The Morgan fingerprint density at radius 1 is 1.45 bits per heavy atom. The van der Waals surface area contributed by atoms with Gasteiger partial charge in [-0.3, -0.25) is 4.79 Å². The van der Waals surface area contributed by atoms with Gasteiger partial charge in [-0.2, -0.15) is 0 Å². The second kappa shape index (κ2) is 6.32. The highest BCUT2D eigenvalue weighted by Gasteiger charge is 2.17. The van der Waals surface area contributed by atoms with Crippen LogP contribution >= 0.6 is 0 Å². The summed E-state index contributed by atoms with van der Waals surface area (Å²) in [7, 11) is 0. The first-order valence-corrected chi connectivity index (χ1v) is 7.69. The first-order chi connectivity index (χ1) is 10.6. The van der Waals surface area contributed by atoms with Crippen LogP contribution in [0.1, 0.15) is 30.7 Å². The lowest BCUT2D eigenvalue weighted by atomic mass is 10.1. The summed E-state index contributed by atoms with van der Waals surface area (Å²) in [5.74, 6) is 1.44. The minimum Gasteiger partial charge on any atom is -0.441 e. The molecule has 0 aliphatic carbocycles. The van der Waals surface area contributed by atoms with Gasteiger partial charge < -0.3 is 15.1 Å². The molecule has 1 fully saturated rings. The molecular formula is C17H21N3O2. The van der Waals surface area contributed by atoms with E-state index in [1.165, 1.54) is 0 Å². The van der Waals surface area contributed by atoms with Crippen LogP contribution in [0.4, 0.5) is 5.69 Å². The molecule has 0 radical (unpaired) electrons. The van der Waals surface area contributed by atoms with E-state index in [9.17, 15) is 4.79 Å². The normalized spacial score (nSPS) is 17.6. The van der Waals surface area contributed by atoms with Crippen molar-refractivity contribution in [1.82, 2.24) is 10.3 Å². The number of carbonyl (C=O) groups is 1. The number of amides is 1. The van der Waals surface area contributed by atoms with E-state index in [1.807, 2.05) is 38.1 Å². The van der Waals surface area contributed by atoms with Crippen molar-refractivity contribution in [3.63, 3.8) is 0 Å². The second-order valence-electron chi connectivity index (χ2n) is 5.79. The summed E-state index contributed by atoms with van der Waals surface area (Å²) in [5, 5.41) is 6.29. The van der Waals surface area contributed by atoms with E-state index >= 15 is 0 Å². The van der Waals surface area contributed by atoms with Gasteiger partial charge in [0.05, 0.1) is 5.69 Å². The van der Waals surface area contributed by atoms with Crippen LogP contribution in [0.15, 0.2) is 28.7 Å². The van der Waals surface area contributed by atoms with Gasteiger partial charge in [0.1, 0.15) is 5.76 Å². The molecule has 2 N–H and O–H groups in total. The molecule has 2 aromatic rings. The van der Waals surface area contributed by atoms with Crippen molar-refractivity contribution < 1.29 is 9.21 Å². The van der Waals surface area contributed by atoms with Crippen molar-refractivity contribution >= 4 is 11.6 Å². The molecule has 1 aliphatic heterocycles. The van der Waals surface area contributed by atoms with E-state index in [0.29, 0.717) is 18.4 Å². The summed E-state index contributed by atoms with van der Waals surface area (Å²) in [6.45, 7) is 4.82. The predicted molar refractivity (Wildman–Crippen MR) is 85.7 cm³/mol. The Hall–Kier alpha value is -2.14. The third-order valence-corrected chi connectivity index (χ3v) is 4.02. The zero-order chi connectivity index (χ0) is 15.5. The summed E-state index contributed by atoms with van der Waals surface area (Å²) in [5.41, 5.74) is 2.53. The topological polar surface area (TPSA) is 67.2 Å². The van der Waals surface area contributed by atoms with Crippen molar-refractivity contribution in [2.24, 2.45) is 0 Å². The average molecular weight is 299 g/mol. The minimum absolute atomic E-state index is 0.0383. The molecule has 116 valence electrons. The molecule has 1 amide bonds. The zero-order valence-electron chi connectivity index (χ0n) is 13.0. The van der Waals surface area contributed by atoms with Gasteiger partial charge in [-0.05, 0) is 51.4 Å². The van der Waals surface area contributed by atoms with Gasteiger partial charge in [0.25, 0.3) is 0 Å². The molecule has 3 rings (SSSR count). The predicted octanol–water partition coefficient (Wildman–Crippen LogP) is 3.04. The van der Waals surface area contributed by atoms with E-state index < -0.39 is 0 Å². The van der Waals surface area contributed by atoms with Crippen LogP contribution < -0.4 is 10.6 Å². The fourth-order valence-electron chi connectivity index (χ4n) is 2.69. The molecule has 22 heavy (non-hydrogen) atoms. The molecule has 1 aromatic carbocycles. The Kier molecular flexibility index (Phi) is 4.24. The van der Waals surface area contributed by atoms with Gasteiger partial charge in [-0.15, -0.1) is 0 Å². The molecule has 0 spiro atoms. The van der Waals surface area contributed by atoms with Gasteiger partial charge in [0, 0.05) is 23.7 Å². The zero-order valence-corrected chi connectivity index (χ0v) is 13.0. The van der Waals surface area contributed by atoms with Crippen LogP contribution in [0.5, 0.6) is 0 Å². The smallest absolute Gasteiger partial charge is 0.226 e. The van der Waals surface area contributed by atoms with Crippen molar-refractivity contribution in [2.45, 2.75) is 39.2 Å². The second-order valence-corrected chi connectivity index (χ2v) is 5.79. The fourth-order valence-corrected chi connectivity index (χ4v) is 2.69. The number of rotatable bonds is 4. The van der Waals surface area contributed by atoms with E-state index in [4.69, 9.17) is 4.42 Å². The number of oxazole rings is 1. The maximum absolute atomic E-state index is 12.1. The Morgan fingerprint density at radius 2 is 2.32 bits per heavy atom. The van der Waals surface area contributed by atoms with Crippen LogP contribution in [0.25, 0.3) is 11.5 Å². The lowest BCUT2D eigenvalue weighted by Gasteiger charge is -2.10. The van der Waals surface area contributed by atoms with Crippen LogP contribution in [0.2, 0.25) is 0 Å². The number of carbonyl (C=O) groups excluding carboxylic acids is 1. The number of nitrogens with one attached hydrogen (secondary N) is 2. The number of anilines is 1. The monoisotopic (exact) mass is 299 g/mol. The summed E-state index contributed by atoms with van der Waals surface area (Å²) in [6.07, 6.45) is 2.74. The Labute approximate surface area is 130 Å². The maximum Gasteiger partial charge on any atom is 0.226 e. The Balaban J connectivity index is 1.69. The summed E-state index contributed by atoms with van der Waals surface area (Å²) >= 11 is 0. The van der Waals surface area contributed by atoms with Gasteiger partial charge in [-0.25, -0.2) is 4.98 Å². The molecule has 0 bridgehead atoms. The van der Waals surface area contributed by atoms with Crippen molar-refractivity contribution in [2.75, 3.05) is 11.9 Å². The number of benzene rings is 1. The van der Waals surface area contributed by atoms with Crippen LogP contribution in [0.3, 0.4) is 0 Å². The number of hydrogen-bond donors (Lipinski definition) is 2. The van der Waals surface area contributed by atoms with Crippen molar-refractivity contribution in [1.29, 1.82) is 0 Å². The Bertz CT molecular complexity index is 653. The van der Waals surface area contributed by atoms with E-state index in [-0.39, 0.29) is 5.91 Å². The first-order valence-electron chi connectivity index (χ1n) is 7.69. The molecular weight excluding hydrogens is 278 g/mol. The fraction of sp³-hybridized carbons (Fsp3) is 0.412. The minimum atomic E-state index is 0.0383. The molecule has 1 saturated heterocycles. The highest BCUT2D eigenvalue weighted by molar-refractivity contribution is 5.91. The summed E-state index contributed by atoms with van der Waals surface area (Å²) < 4.78 is 5.63. The van der Waals surface area contributed by atoms with E-state index in [1.54, 1.807) is 0 Å². The highest BCUT2D eigenvalue weighted by atomic mass is 16.4. The van der Waals surface area contributed by atoms with E-state index in [0.717, 1.165) is 42.1 Å². The Morgan fingerprint density at radius 3 is 3.00 bits per heavy atom. The number of nitrogens with zero attached hydrogens (tertiary/aromatic N) is 1. The van der Waals surface area contributed by atoms with Crippen molar-refractivity contribution in [3.8, 4) is 11.5 Å². The quantitative estimate of drug-likeness (QED) is 0.910. The molecule has 5 nitrogen and oxygen atoms in total. The third kappa shape index (κ3) is 3.36. The van der Waals surface area contributed by atoms with Gasteiger partial charge in [0.2, 0.25) is 11.8 Å². The van der Waals surface area contributed by atoms with Crippen LogP contribution in [-0.4, -0.2) is 23.5 Å². The molecule has 0 saturated carbocycles. The number of aromatic nitrogens is 1. The van der Waals surface area contributed by atoms with Crippen molar-refractivity contribution in [3.05, 3.63) is 35.7 Å². The lowest BCUT2D eigenvalue weighted by molar-refractivity contribution is -0.116. The molecule has 1 atom stereocenters. The molecule has 1 aromatic heterocycles. The van der Waals surface area contributed by atoms with Gasteiger partial charge in [-0.1, -0.05) is 6.07 Å². The SMILES string of the molecule is Cc1nc(-c2cccc(NC(=O)CC3CCCN3)c2)oc1C. The third-order valence-electron chi connectivity index (χ3n) is 4.02. The standard InChI is InChI=1S/C17H21N3O2/c1-11-12(2)22-17(19-11)13-5-3-6-15(9-13)20-16(21)10-14-7-4-8-18-14/h3,5-6,9,14,18H,4,7-8,10H2,1-2H3,(H,20,21). The average Bonchev–Trinajstić information content (AvgIpc) is 3.10. The highest BCUT2D eigenvalue weighted by Crippen LogP contribution is 2.24. The largest absolute Gasteiger partial charge is 0.441 e. The molecule has 1 unspecified atom stereocenters. The van der Waals surface area contributed by atoms with Gasteiger partial charge >= 0.3 is 0 Å². The number of aryl methyl sites for hydroxylation is 2. The van der Waals surface area contributed by atoms with Crippen LogP contribution in [0, 0.1) is 13.8 Å². The lowest BCUT2D eigenvalue weighted by Crippen LogP contribution is -2.27. The maximum atomic E-state index is 12.1.